The minimum Gasteiger partial charge on any atom is -0.507 e. The topological polar surface area (TPSA) is 110 Å². The molecule has 2 heterocycles. The lowest BCUT2D eigenvalue weighted by Gasteiger charge is -2.36. The van der Waals surface area contributed by atoms with Crippen LogP contribution in [0.5, 0.6) is 5.75 Å². The summed E-state index contributed by atoms with van der Waals surface area (Å²) in [6, 6.07) is 1.93. The van der Waals surface area contributed by atoms with Crippen molar-refractivity contribution < 1.29 is 41.0 Å². The summed E-state index contributed by atoms with van der Waals surface area (Å²) in [6.45, 7) is 2.37. The number of carbonyl (C=O) groups is 1. The molecule has 0 bridgehead atoms. The average Bonchev–Trinajstić information content (AvgIpc) is 2.76. The highest BCUT2D eigenvalue weighted by molar-refractivity contribution is 5.75. The Morgan fingerprint density at radius 3 is 2.50 bits per heavy atom. The number of esters is 1. The molecule has 2 aromatic rings. The van der Waals surface area contributed by atoms with Crippen molar-refractivity contribution in [1.29, 1.82) is 0 Å². The zero-order valence-electron chi connectivity index (χ0n) is 19.2. The summed E-state index contributed by atoms with van der Waals surface area (Å²) in [5.74, 6) is -3.19. The summed E-state index contributed by atoms with van der Waals surface area (Å²) in [6.07, 6.45) is -9.13. The van der Waals surface area contributed by atoms with Crippen LogP contribution in [0.1, 0.15) is 18.9 Å². The van der Waals surface area contributed by atoms with Gasteiger partial charge in [0.05, 0.1) is 11.1 Å². The summed E-state index contributed by atoms with van der Waals surface area (Å²) in [4.78, 5) is 25.5. The van der Waals surface area contributed by atoms with Gasteiger partial charge in [0.2, 0.25) is 5.82 Å². The van der Waals surface area contributed by atoms with Crippen LogP contribution in [0.4, 0.5) is 32.2 Å². The number of likely N-dealkylation sites (tertiary alicyclic amines) is 1. The number of ether oxygens (including phenoxy) is 1. The van der Waals surface area contributed by atoms with E-state index in [9.17, 15) is 41.0 Å². The van der Waals surface area contributed by atoms with Crippen molar-refractivity contribution in [2.75, 3.05) is 31.6 Å². The highest BCUT2D eigenvalue weighted by Crippen LogP contribution is 2.35. The minimum atomic E-state index is -5.07. The number of alkyl halides is 6. The van der Waals surface area contributed by atoms with E-state index in [2.05, 4.69) is 20.3 Å². The molecule has 1 aromatic carbocycles. The van der Waals surface area contributed by atoms with Crippen LogP contribution in [0.15, 0.2) is 23.0 Å². The van der Waals surface area contributed by atoms with Crippen LogP contribution in [0, 0.1) is 5.92 Å². The van der Waals surface area contributed by atoms with E-state index >= 15 is 0 Å². The maximum absolute atomic E-state index is 12.9. The van der Waals surface area contributed by atoms with E-state index in [0.717, 1.165) is 16.7 Å². The molecular formula is C21H23F6N5O4. The van der Waals surface area contributed by atoms with Crippen LogP contribution in [0.3, 0.4) is 0 Å². The van der Waals surface area contributed by atoms with Crippen molar-refractivity contribution in [3.63, 3.8) is 0 Å². The first kappa shape index (κ1) is 27.2. The molecule has 0 unspecified atom stereocenters. The van der Waals surface area contributed by atoms with E-state index in [0.29, 0.717) is 25.6 Å². The number of hydrogen-bond donors (Lipinski definition) is 2. The Balaban J connectivity index is 1.71. The van der Waals surface area contributed by atoms with Crippen molar-refractivity contribution in [2.45, 2.75) is 31.7 Å². The van der Waals surface area contributed by atoms with Crippen molar-refractivity contribution in [3.8, 4) is 17.1 Å². The summed E-state index contributed by atoms with van der Waals surface area (Å²) in [5, 5.41) is 20.7. The Labute approximate surface area is 200 Å². The summed E-state index contributed by atoms with van der Waals surface area (Å²) < 4.78 is 80.6. The lowest BCUT2D eigenvalue weighted by molar-refractivity contribution is -0.200. The fraction of sp³-hybridized carbons (Fsp3) is 0.524. The SMILES string of the molecule is C[C@H]1C[C@@H](Nc2nnc(-c3ccc(C(F)(F)F)cc3O)n(C)c2=O)CN(CCOC(=O)C(F)(F)F)C1. The number of carbonyl (C=O) groups excluding carboxylic acids is 1. The lowest BCUT2D eigenvalue weighted by Crippen LogP contribution is -2.47. The largest absolute Gasteiger partial charge is 0.507 e. The molecule has 2 N–H and O–H groups in total. The van der Waals surface area contributed by atoms with Crippen LogP contribution in [0.2, 0.25) is 0 Å². The Morgan fingerprint density at radius 1 is 1.19 bits per heavy atom. The first-order valence-corrected chi connectivity index (χ1v) is 10.7. The third-order valence-corrected chi connectivity index (χ3v) is 5.58. The number of nitrogens with one attached hydrogen (secondary N) is 1. The summed E-state index contributed by atoms with van der Waals surface area (Å²) in [7, 11) is 1.32. The molecule has 36 heavy (non-hydrogen) atoms. The molecule has 198 valence electrons. The molecule has 9 nitrogen and oxygen atoms in total. The fourth-order valence-corrected chi connectivity index (χ4v) is 3.98. The van der Waals surface area contributed by atoms with Gasteiger partial charge in [0.1, 0.15) is 12.4 Å². The molecule has 0 spiro atoms. The number of anilines is 1. The van der Waals surface area contributed by atoms with Crippen molar-refractivity contribution in [1.82, 2.24) is 19.7 Å². The second kappa shape index (κ2) is 10.3. The first-order valence-electron chi connectivity index (χ1n) is 10.7. The van der Waals surface area contributed by atoms with Gasteiger partial charge in [0.25, 0.3) is 5.56 Å². The zero-order valence-corrected chi connectivity index (χ0v) is 19.2. The second-order valence-corrected chi connectivity index (χ2v) is 8.54. The normalized spacial score (nSPS) is 19.2. The number of phenols is 1. The smallest absolute Gasteiger partial charge is 0.490 e. The monoisotopic (exact) mass is 523 g/mol. The van der Waals surface area contributed by atoms with Crippen molar-refractivity contribution >= 4 is 11.8 Å². The standard InChI is InChI=1S/C21H23F6N5O4/c1-11-7-13(10-32(9-11)5-6-36-19(35)21(25,26)27)28-16-18(34)31(2)17(30-29-16)14-4-3-12(8-15(14)33)20(22,23)24/h3-4,8,11,13,33H,5-7,9-10H2,1-2H3,(H,28,29)/t11-,13+/m0/s1. The Bertz CT molecular complexity index is 1170. The van der Waals surface area contributed by atoms with Gasteiger partial charge in [-0.05, 0) is 30.5 Å². The molecule has 0 radical (unpaired) electrons. The molecule has 15 heteroatoms. The molecule has 2 atom stereocenters. The highest BCUT2D eigenvalue weighted by Gasteiger charge is 2.41. The van der Waals surface area contributed by atoms with Gasteiger partial charge >= 0.3 is 18.3 Å². The third kappa shape index (κ3) is 6.44. The number of piperidine rings is 1. The van der Waals surface area contributed by atoms with Gasteiger partial charge in [-0.2, -0.15) is 26.3 Å². The number of phenolic OH excluding ortho intramolecular Hbond substituents is 1. The Hall–Kier alpha value is -3.36. The van der Waals surface area contributed by atoms with Gasteiger partial charge < -0.3 is 15.2 Å². The quantitative estimate of drug-likeness (QED) is 0.440. The highest BCUT2D eigenvalue weighted by atomic mass is 19.4. The van der Waals surface area contributed by atoms with Gasteiger partial charge in [-0.25, -0.2) is 4.79 Å². The van der Waals surface area contributed by atoms with Gasteiger partial charge in [0, 0.05) is 32.7 Å². The van der Waals surface area contributed by atoms with E-state index in [1.54, 1.807) is 4.90 Å². The molecule has 1 saturated heterocycles. The maximum Gasteiger partial charge on any atom is 0.490 e. The van der Waals surface area contributed by atoms with E-state index in [4.69, 9.17) is 0 Å². The number of benzene rings is 1. The number of hydrogen-bond acceptors (Lipinski definition) is 8. The average molecular weight is 523 g/mol. The fourth-order valence-electron chi connectivity index (χ4n) is 3.98. The minimum absolute atomic E-state index is 0.0557. The molecule has 1 aliphatic rings. The Kier molecular flexibility index (Phi) is 7.81. The molecule has 0 aliphatic carbocycles. The van der Waals surface area contributed by atoms with Crippen LogP contribution in [-0.4, -0.2) is 69.2 Å². The third-order valence-electron chi connectivity index (χ3n) is 5.58. The van der Waals surface area contributed by atoms with Gasteiger partial charge in [0.15, 0.2) is 5.82 Å². The van der Waals surface area contributed by atoms with E-state index in [1.165, 1.54) is 7.05 Å². The number of rotatable bonds is 6. The number of aromatic hydroxyl groups is 1. The van der Waals surface area contributed by atoms with Gasteiger partial charge in [-0.15, -0.1) is 10.2 Å². The van der Waals surface area contributed by atoms with Gasteiger partial charge in [-0.3, -0.25) is 14.3 Å². The van der Waals surface area contributed by atoms with E-state index in [1.807, 2.05) is 6.92 Å². The Morgan fingerprint density at radius 2 is 1.89 bits per heavy atom. The van der Waals surface area contributed by atoms with E-state index < -0.39 is 41.8 Å². The van der Waals surface area contributed by atoms with Crippen molar-refractivity contribution in [2.24, 2.45) is 13.0 Å². The van der Waals surface area contributed by atoms with Crippen LogP contribution in [0.25, 0.3) is 11.4 Å². The van der Waals surface area contributed by atoms with Crippen LogP contribution >= 0.6 is 0 Å². The molecule has 1 aliphatic heterocycles. The summed E-state index contributed by atoms with van der Waals surface area (Å²) in [5.41, 5.74) is -1.83. The van der Waals surface area contributed by atoms with Gasteiger partial charge in [-0.1, -0.05) is 6.92 Å². The van der Waals surface area contributed by atoms with Crippen LogP contribution in [-0.2, 0) is 22.8 Å². The predicted molar refractivity (Wildman–Crippen MR) is 114 cm³/mol. The van der Waals surface area contributed by atoms with E-state index in [-0.39, 0.29) is 35.7 Å². The molecule has 1 fully saturated rings. The predicted octanol–water partition coefficient (Wildman–Crippen LogP) is 2.79. The lowest BCUT2D eigenvalue weighted by atomic mass is 9.96. The molecular weight excluding hydrogens is 500 g/mol. The number of nitrogens with zero attached hydrogens (tertiary/aromatic N) is 4. The first-order chi connectivity index (χ1) is 16.7. The molecule has 3 rings (SSSR count). The summed E-state index contributed by atoms with van der Waals surface area (Å²) >= 11 is 0. The van der Waals surface area contributed by atoms with Crippen LogP contribution < -0.4 is 10.9 Å². The van der Waals surface area contributed by atoms with Crippen molar-refractivity contribution in [3.05, 3.63) is 34.1 Å². The maximum atomic E-state index is 12.9. The second-order valence-electron chi connectivity index (χ2n) is 8.54. The number of aromatic nitrogens is 3. The molecule has 0 saturated carbocycles. The number of halogens is 6. The molecule has 1 aromatic heterocycles. The molecule has 0 amide bonds. The zero-order chi connectivity index (χ0) is 26.8.